The van der Waals surface area contributed by atoms with Crippen LogP contribution in [-0.2, 0) is 0 Å². The number of hydrogen-bond donors (Lipinski definition) is 0. The number of para-hydroxylation sites is 2. The molecule has 2 nitrogen and oxygen atoms in total. The molecule has 1 atom stereocenters. The van der Waals surface area contributed by atoms with E-state index in [0.717, 1.165) is 11.5 Å². The van der Waals surface area contributed by atoms with E-state index < -0.39 is 0 Å². The van der Waals surface area contributed by atoms with E-state index in [2.05, 4.69) is 19.1 Å². The zero-order valence-corrected chi connectivity index (χ0v) is 9.67. The van der Waals surface area contributed by atoms with E-state index in [0.29, 0.717) is 0 Å². The SMILES string of the molecule is CC(B1Oc2ccccc2O1)c1ccccc1. The molecule has 0 saturated carbocycles. The average Bonchev–Trinajstić information content (AvgIpc) is 2.82. The maximum absolute atomic E-state index is 5.80. The Bertz CT molecular complexity index is 488. The zero-order valence-electron chi connectivity index (χ0n) is 9.67. The molecule has 1 aliphatic heterocycles. The van der Waals surface area contributed by atoms with Gasteiger partial charge in [-0.2, -0.15) is 0 Å². The smallest absolute Gasteiger partial charge is 0.523 e. The first-order chi connectivity index (χ1) is 8.34. The van der Waals surface area contributed by atoms with Gasteiger partial charge >= 0.3 is 7.12 Å². The molecule has 3 heteroatoms. The van der Waals surface area contributed by atoms with Gasteiger partial charge in [0, 0.05) is 5.82 Å². The third kappa shape index (κ3) is 1.89. The van der Waals surface area contributed by atoms with Crippen LogP contribution in [0, 0.1) is 0 Å². The minimum absolute atomic E-state index is 0.212. The van der Waals surface area contributed by atoms with Crippen LogP contribution in [0.25, 0.3) is 0 Å². The monoisotopic (exact) mass is 224 g/mol. The van der Waals surface area contributed by atoms with Crippen LogP contribution in [-0.4, -0.2) is 7.12 Å². The lowest BCUT2D eigenvalue weighted by molar-refractivity contribution is 0.480. The molecule has 0 saturated heterocycles. The van der Waals surface area contributed by atoms with Crippen molar-refractivity contribution >= 4 is 7.12 Å². The average molecular weight is 224 g/mol. The molecule has 0 radical (unpaired) electrons. The van der Waals surface area contributed by atoms with Gasteiger partial charge in [0.05, 0.1) is 0 Å². The number of hydrogen-bond acceptors (Lipinski definition) is 2. The van der Waals surface area contributed by atoms with E-state index in [9.17, 15) is 0 Å². The Morgan fingerprint density at radius 1 is 0.824 bits per heavy atom. The number of rotatable bonds is 2. The maximum atomic E-state index is 5.80. The minimum atomic E-state index is -0.227. The van der Waals surface area contributed by atoms with Crippen molar-refractivity contribution in [2.24, 2.45) is 0 Å². The van der Waals surface area contributed by atoms with Crippen LogP contribution in [0.15, 0.2) is 54.6 Å². The van der Waals surface area contributed by atoms with E-state index >= 15 is 0 Å². The molecule has 0 N–H and O–H groups in total. The van der Waals surface area contributed by atoms with Crippen LogP contribution in [0.3, 0.4) is 0 Å². The Hall–Kier alpha value is -1.90. The van der Waals surface area contributed by atoms with Crippen molar-refractivity contribution in [1.29, 1.82) is 0 Å². The Morgan fingerprint density at radius 3 is 1.94 bits per heavy atom. The van der Waals surface area contributed by atoms with Crippen LogP contribution in [0.5, 0.6) is 11.5 Å². The Kier molecular flexibility index (Phi) is 2.52. The van der Waals surface area contributed by atoms with Gasteiger partial charge in [0.2, 0.25) is 0 Å². The first kappa shape index (κ1) is 10.3. The second kappa shape index (κ2) is 4.17. The normalized spacial score (nSPS) is 14.8. The Morgan fingerprint density at radius 2 is 1.35 bits per heavy atom. The summed E-state index contributed by atoms with van der Waals surface area (Å²) in [4.78, 5) is 0. The fraction of sp³-hybridized carbons (Fsp3) is 0.143. The molecule has 2 aromatic rings. The summed E-state index contributed by atoms with van der Waals surface area (Å²) in [6.07, 6.45) is 0. The van der Waals surface area contributed by atoms with E-state index in [1.807, 2.05) is 42.5 Å². The molecule has 84 valence electrons. The quantitative estimate of drug-likeness (QED) is 0.728. The summed E-state index contributed by atoms with van der Waals surface area (Å²) in [7, 11) is -0.227. The minimum Gasteiger partial charge on any atom is -0.523 e. The van der Waals surface area contributed by atoms with Gasteiger partial charge in [-0.25, -0.2) is 0 Å². The molecule has 1 aliphatic rings. The summed E-state index contributed by atoms with van der Waals surface area (Å²) >= 11 is 0. The van der Waals surface area contributed by atoms with Crippen LogP contribution < -0.4 is 9.31 Å². The van der Waals surface area contributed by atoms with Crippen LogP contribution in [0.2, 0.25) is 0 Å². The zero-order chi connectivity index (χ0) is 11.7. The van der Waals surface area contributed by atoms with Crippen molar-refractivity contribution in [3.8, 4) is 11.5 Å². The second-order valence-corrected chi connectivity index (χ2v) is 4.25. The molecule has 0 aliphatic carbocycles. The van der Waals surface area contributed by atoms with Crippen LogP contribution >= 0.6 is 0 Å². The topological polar surface area (TPSA) is 18.5 Å². The van der Waals surface area contributed by atoms with Crippen LogP contribution in [0.4, 0.5) is 0 Å². The molecule has 0 amide bonds. The van der Waals surface area contributed by atoms with Gasteiger partial charge in [-0.3, -0.25) is 0 Å². The molecule has 0 aromatic heterocycles. The number of fused-ring (bicyclic) bond motifs is 1. The molecule has 3 rings (SSSR count). The third-order valence-corrected chi connectivity index (χ3v) is 3.07. The summed E-state index contributed by atoms with van der Waals surface area (Å²) in [5.74, 6) is 1.88. The van der Waals surface area contributed by atoms with Crippen molar-refractivity contribution in [2.75, 3.05) is 0 Å². The van der Waals surface area contributed by atoms with Gasteiger partial charge in [0.25, 0.3) is 0 Å². The first-order valence-electron chi connectivity index (χ1n) is 5.82. The van der Waals surface area contributed by atoms with Crippen molar-refractivity contribution in [1.82, 2.24) is 0 Å². The largest absolute Gasteiger partial charge is 0.602 e. The molecule has 2 aromatic carbocycles. The highest BCUT2D eigenvalue weighted by atomic mass is 16.6. The molecule has 0 fully saturated rings. The van der Waals surface area contributed by atoms with E-state index in [4.69, 9.17) is 9.31 Å². The Balaban J connectivity index is 1.81. The predicted molar refractivity (Wildman–Crippen MR) is 68.3 cm³/mol. The third-order valence-electron chi connectivity index (χ3n) is 3.07. The predicted octanol–water partition coefficient (Wildman–Crippen LogP) is 3.29. The standard InChI is InChI=1S/C14H13BO2/c1-11(12-7-3-2-4-8-12)15-16-13-9-5-6-10-14(13)17-15/h2-11H,1H3. The Labute approximate surface area is 101 Å². The summed E-state index contributed by atoms with van der Waals surface area (Å²) < 4.78 is 11.6. The van der Waals surface area contributed by atoms with Crippen molar-refractivity contribution in [3.05, 3.63) is 60.2 Å². The molecular formula is C14H13BO2. The highest BCUT2D eigenvalue weighted by Gasteiger charge is 2.37. The molecular weight excluding hydrogens is 211 g/mol. The fourth-order valence-electron chi connectivity index (χ4n) is 2.04. The van der Waals surface area contributed by atoms with Gasteiger partial charge in [-0.05, 0) is 17.7 Å². The summed E-state index contributed by atoms with van der Waals surface area (Å²) in [6, 6.07) is 18.1. The van der Waals surface area contributed by atoms with E-state index in [1.54, 1.807) is 0 Å². The van der Waals surface area contributed by atoms with E-state index in [1.165, 1.54) is 5.56 Å². The lowest BCUT2D eigenvalue weighted by Crippen LogP contribution is -2.31. The van der Waals surface area contributed by atoms with Gasteiger partial charge in [0.1, 0.15) is 11.5 Å². The summed E-state index contributed by atoms with van der Waals surface area (Å²) in [5, 5.41) is 0. The highest BCUT2D eigenvalue weighted by Crippen LogP contribution is 2.36. The van der Waals surface area contributed by atoms with Crippen molar-refractivity contribution in [2.45, 2.75) is 12.7 Å². The van der Waals surface area contributed by atoms with Crippen molar-refractivity contribution < 1.29 is 9.31 Å². The van der Waals surface area contributed by atoms with Gasteiger partial charge in [-0.1, -0.05) is 49.4 Å². The van der Waals surface area contributed by atoms with E-state index in [-0.39, 0.29) is 12.9 Å². The lowest BCUT2D eigenvalue weighted by Gasteiger charge is -2.13. The lowest BCUT2D eigenvalue weighted by atomic mass is 9.69. The van der Waals surface area contributed by atoms with Crippen LogP contribution in [0.1, 0.15) is 18.3 Å². The molecule has 1 unspecified atom stereocenters. The van der Waals surface area contributed by atoms with Gasteiger partial charge < -0.3 is 9.31 Å². The van der Waals surface area contributed by atoms with Gasteiger partial charge in [-0.15, -0.1) is 0 Å². The maximum Gasteiger partial charge on any atom is 0.602 e. The molecule has 17 heavy (non-hydrogen) atoms. The van der Waals surface area contributed by atoms with Crippen molar-refractivity contribution in [3.63, 3.8) is 0 Å². The summed E-state index contributed by atoms with van der Waals surface area (Å²) in [6.45, 7) is 2.12. The summed E-state index contributed by atoms with van der Waals surface area (Å²) in [5.41, 5.74) is 1.23. The number of benzene rings is 2. The highest BCUT2D eigenvalue weighted by molar-refractivity contribution is 6.49. The fourth-order valence-corrected chi connectivity index (χ4v) is 2.04. The molecule has 0 bridgehead atoms. The molecule has 0 spiro atoms. The molecule has 1 heterocycles. The second-order valence-electron chi connectivity index (χ2n) is 4.25. The van der Waals surface area contributed by atoms with Gasteiger partial charge in [0.15, 0.2) is 0 Å². The first-order valence-corrected chi connectivity index (χ1v) is 5.82.